The van der Waals surface area contributed by atoms with Crippen molar-refractivity contribution in [2.45, 2.75) is 6.42 Å². The molecule has 0 saturated carbocycles. The van der Waals surface area contributed by atoms with Gasteiger partial charge in [-0.25, -0.2) is 0 Å². The highest BCUT2D eigenvalue weighted by molar-refractivity contribution is 6.35. The molecule has 0 radical (unpaired) electrons. The maximum Gasteiger partial charge on any atom is 0.318 e. The maximum atomic E-state index is 11.3. The number of hydrogen-bond acceptors (Lipinski definition) is 7. The number of nitrogens with one attached hydrogen (secondary N) is 1. The number of carbonyl (C=O) groups is 1. The Morgan fingerprint density at radius 3 is 2.71 bits per heavy atom. The minimum Gasteiger partial charge on any atom is -0.486 e. The van der Waals surface area contributed by atoms with Gasteiger partial charge in [-0.3, -0.25) is 4.79 Å². The molecule has 9 heteroatoms. The van der Waals surface area contributed by atoms with Crippen LogP contribution < -0.4 is 14.8 Å². The van der Waals surface area contributed by atoms with E-state index in [4.69, 9.17) is 37.8 Å². The highest BCUT2D eigenvalue weighted by Gasteiger charge is 2.10. The topological polar surface area (TPSA) is 93.6 Å². The molecule has 0 fully saturated rings. The number of ketones is 1. The zero-order valence-electron chi connectivity index (χ0n) is 16.8. The Kier molecular flexibility index (Phi) is 8.06. The van der Waals surface area contributed by atoms with Crippen LogP contribution in [0.15, 0.2) is 48.5 Å². The van der Waals surface area contributed by atoms with Gasteiger partial charge in [0.1, 0.15) is 24.8 Å². The summed E-state index contributed by atoms with van der Waals surface area (Å²) in [5.74, 6) is 0.680. The molecule has 0 saturated heterocycles. The van der Waals surface area contributed by atoms with E-state index in [1.807, 2.05) is 12.1 Å². The van der Waals surface area contributed by atoms with E-state index in [1.165, 1.54) is 7.11 Å². The predicted octanol–water partition coefficient (Wildman–Crippen LogP) is 4.05. The van der Waals surface area contributed by atoms with E-state index >= 15 is 0 Å². The zero-order valence-corrected chi connectivity index (χ0v) is 18.3. The summed E-state index contributed by atoms with van der Waals surface area (Å²) in [6, 6.07) is 14.6. The summed E-state index contributed by atoms with van der Waals surface area (Å²) in [7, 11) is 1.50. The van der Waals surface area contributed by atoms with Gasteiger partial charge in [0.15, 0.2) is 5.78 Å². The fraction of sp³-hybridized carbons (Fsp3) is 0.227. The fourth-order valence-corrected chi connectivity index (χ4v) is 3.26. The third-order valence-electron chi connectivity index (χ3n) is 4.31. The van der Waals surface area contributed by atoms with Crippen molar-refractivity contribution in [3.8, 4) is 23.0 Å². The molecule has 0 bridgehead atoms. The first-order chi connectivity index (χ1) is 15.0. The number of nitrogens with zero attached hydrogens (tertiary/aromatic N) is 2. The summed E-state index contributed by atoms with van der Waals surface area (Å²) < 4.78 is 10.7. The van der Waals surface area contributed by atoms with Gasteiger partial charge in [-0.15, -0.1) is 0 Å². The standard InChI is InChI=1S/C22H21Cl2N3O4/c1-30-22-26-20(15-3-2-4-18(9-15)31-13-17(29)12-28)11-21(27-22)25-8-7-14-5-6-16(23)10-19(14)24/h2-6,9-11,28H,7-8,12-13H2,1H3,(H,25,26,27). The monoisotopic (exact) mass is 461 g/mol. The Morgan fingerprint density at radius 1 is 1.13 bits per heavy atom. The molecule has 1 heterocycles. The van der Waals surface area contributed by atoms with Crippen molar-refractivity contribution in [3.63, 3.8) is 0 Å². The summed E-state index contributed by atoms with van der Waals surface area (Å²) in [6.07, 6.45) is 0.680. The van der Waals surface area contributed by atoms with E-state index in [9.17, 15) is 4.79 Å². The molecule has 2 N–H and O–H groups in total. The Balaban J connectivity index is 1.73. The number of ether oxygens (including phenoxy) is 2. The number of aromatic nitrogens is 2. The van der Waals surface area contributed by atoms with Crippen LogP contribution in [0, 0.1) is 0 Å². The van der Waals surface area contributed by atoms with Gasteiger partial charge < -0.3 is 19.9 Å². The number of aliphatic hydroxyl groups excluding tert-OH is 1. The quantitative estimate of drug-likeness (QED) is 0.470. The Hall–Kier alpha value is -2.87. The third kappa shape index (κ3) is 6.55. The number of halogens is 2. The summed E-state index contributed by atoms with van der Waals surface area (Å²) in [4.78, 5) is 20.0. The largest absolute Gasteiger partial charge is 0.486 e. The first-order valence-corrected chi connectivity index (χ1v) is 10.2. The van der Waals surface area contributed by atoms with Crippen LogP contribution in [0.1, 0.15) is 5.56 Å². The zero-order chi connectivity index (χ0) is 22.2. The number of benzene rings is 2. The summed E-state index contributed by atoms with van der Waals surface area (Å²) in [6.45, 7) is -0.167. The van der Waals surface area contributed by atoms with Crippen molar-refractivity contribution < 1.29 is 19.4 Å². The van der Waals surface area contributed by atoms with Gasteiger partial charge in [-0.05, 0) is 36.2 Å². The van der Waals surface area contributed by atoms with Gasteiger partial charge in [-0.2, -0.15) is 9.97 Å². The molecule has 0 aliphatic rings. The lowest BCUT2D eigenvalue weighted by Crippen LogP contribution is -2.14. The molecule has 0 spiro atoms. The number of methoxy groups -OCH3 is 1. The fourth-order valence-electron chi connectivity index (χ4n) is 2.76. The number of Topliss-reactive ketones (excluding diaryl/α,β-unsaturated/α-hetero) is 1. The molecule has 0 unspecified atom stereocenters. The molecule has 31 heavy (non-hydrogen) atoms. The van der Waals surface area contributed by atoms with E-state index in [0.29, 0.717) is 40.3 Å². The van der Waals surface area contributed by atoms with E-state index < -0.39 is 12.4 Å². The van der Waals surface area contributed by atoms with Gasteiger partial charge in [0.05, 0.1) is 12.8 Å². The predicted molar refractivity (Wildman–Crippen MR) is 120 cm³/mol. The minimum atomic E-state index is -0.556. The van der Waals surface area contributed by atoms with E-state index in [-0.39, 0.29) is 12.6 Å². The molecule has 0 amide bonds. The lowest BCUT2D eigenvalue weighted by atomic mass is 10.1. The van der Waals surface area contributed by atoms with Crippen molar-refractivity contribution in [3.05, 3.63) is 64.1 Å². The van der Waals surface area contributed by atoms with E-state index in [2.05, 4.69) is 15.3 Å². The van der Waals surface area contributed by atoms with Crippen molar-refractivity contribution in [1.82, 2.24) is 9.97 Å². The normalized spacial score (nSPS) is 10.6. The molecule has 0 aliphatic carbocycles. The van der Waals surface area contributed by atoms with Crippen molar-refractivity contribution in [1.29, 1.82) is 0 Å². The Labute approximate surface area is 190 Å². The molecule has 3 rings (SSSR count). The number of carbonyl (C=O) groups excluding carboxylic acids is 1. The lowest BCUT2D eigenvalue weighted by molar-refractivity contribution is -0.123. The Morgan fingerprint density at radius 2 is 1.97 bits per heavy atom. The molecule has 162 valence electrons. The van der Waals surface area contributed by atoms with Gasteiger partial charge in [0, 0.05) is 28.2 Å². The van der Waals surface area contributed by atoms with Crippen LogP contribution in [-0.2, 0) is 11.2 Å². The van der Waals surface area contributed by atoms with Gasteiger partial charge in [0.2, 0.25) is 0 Å². The van der Waals surface area contributed by atoms with Gasteiger partial charge in [-0.1, -0.05) is 41.4 Å². The lowest BCUT2D eigenvalue weighted by Gasteiger charge is -2.11. The number of aliphatic hydroxyl groups is 1. The van der Waals surface area contributed by atoms with Crippen LogP contribution in [0.25, 0.3) is 11.3 Å². The van der Waals surface area contributed by atoms with Crippen molar-refractivity contribution in [2.75, 3.05) is 32.2 Å². The van der Waals surface area contributed by atoms with Crippen LogP contribution in [0.4, 0.5) is 5.82 Å². The van der Waals surface area contributed by atoms with Crippen LogP contribution in [0.5, 0.6) is 11.8 Å². The molecule has 2 aromatic carbocycles. The highest BCUT2D eigenvalue weighted by atomic mass is 35.5. The van der Waals surface area contributed by atoms with Gasteiger partial charge in [0.25, 0.3) is 0 Å². The van der Waals surface area contributed by atoms with Crippen LogP contribution in [-0.4, -0.2) is 47.7 Å². The Bertz CT molecular complexity index is 1060. The average Bonchev–Trinajstić information content (AvgIpc) is 2.78. The maximum absolute atomic E-state index is 11.3. The second kappa shape index (κ2) is 10.9. The first kappa shape index (κ1) is 22.8. The van der Waals surface area contributed by atoms with Crippen molar-refractivity contribution in [2.24, 2.45) is 0 Å². The first-order valence-electron chi connectivity index (χ1n) is 9.45. The minimum absolute atomic E-state index is 0.201. The number of anilines is 1. The summed E-state index contributed by atoms with van der Waals surface area (Å²) in [5, 5.41) is 13.3. The van der Waals surface area contributed by atoms with E-state index in [1.54, 1.807) is 36.4 Å². The van der Waals surface area contributed by atoms with Crippen LogP contribution in [0.2, 0.25) is 10.0 Å². The molecule has 1 aromatic heterocycles. The SMILES string of the molecule is COc1nc(NCCc2ccc(Cl)cc2Cl)cc(-c2cccc(OCC(=O)CO)c2)n1. The number of rotatable bonds is 10. The van der Waals surface area contributed by atoms with Gasteiger partial charge >= 0.3 is 6.01 Å². The number of hydrogen-bond donors (Lipinski definition) is 2. The second-order valence-electron chi connectivity index (χ2n) is 6.55. The van der Waals surface area contributed by atoms with E-state index in [0.717, 1.165) is 11.1 Å². The molecule has 7 nitrogen and oxygen atoms in total. The molecular formula is C22H21Cl2N3O4. The average molecular weight is 462 g/mol. The smallest absolute Gasteiger partial charge is 0.318 e. The second-order valence-corrected chi connectivity index (χ2v) is 7.39. The van der Waals surface area contributed by atoms with Crippen molar-refractivity contribution >= 4 is 34.8 Å². The van der Waals surface area contributed by atoms with Crippen LogP contribution >= 0.6 is 23.2 Å². The third-order valence-corrected chi connectivity index (χ3v) is 4.90. The summed E-state index contributed by atoms with van der Waals surface area (Å²) >= 11 is 12.2. The molecule has 3 aromatic rings. The summed E-state index contributed by atoms with van der Waals surface area (Å²) in [5.41, 5.74) is 2.36. The molecule has 0 aliphatic heterocycles. The van der Waals surface area contributed by atoms with Crippen LogP contribution in [0.3, 0.4) is 0 Å². The molecular weight excluding hydrogens is 441 g/mol. The molecule has 0 atom stereocenters. The highest BCUT2D eigenvalue weighted by Crippen LogP contribution is 2.26.